The third-order valence-corrected chi connectivity index (χ3v) is 5.23. The number of benzene rings is 1. The average Bonchev–Trinajstić information content (AvgIpc) is 3.32. The molecule has 2 aromatic rings. The van der Waals surface area contributed by atoms with Crippen molar-refractivity contribution in [2.45, 2.75) is 32.9 Å². The second-order valence-electron chi connectivity index (χ2n) is 8.26. The maximum Gasteiger partial charge on any atom is 0.313 e. The van der Waals surface area contributed by atoms with Crippen molar-refractivity contribution in [2.24, 2.45) is 0 Å². The van der Waals surface area contributed by atoms with E-state index in [1.807, 2.05) is 17.6 Å². The van der Waals surface area contributed by atoms with Crippen molar-refractivity contribution in [3.8, 4) is 5.75 Å². The highest BCUT2D eigenvalue weighted by Gasteiger charge is 2.31. The highest BCUT2D eigenvalue weighted by atomic mass is 16.5. The summed E-state index contributed by atoms with van der Waals surface area (Å²) in [6, 6.07) is 5.12. The quantitative estimate of drug-likeness (QED) is 0.509. The molecule has 10 nitrogen and oxygen atoms in total. The van der Waals surface area contributed by atoms with Gasteiger partial charge in [-0.25, -0.2) is 4.98 Å². The van der Waals surface area contributed by atoms with Crippen LogP contribution in [0.1, 0.15) is 26.3 Å². The first-order valence-electron chi connectivity index (χ1n) is 10.8. The minimum atomic E-state index is -1.29. The first kappa shape index (κ1) is 24.6. The Hall–Kier alpha value is -4.08. The van der Waals surface area contributed by atoms with Crippen molar-refractivity contribution >= 4 is 29.0 Å². The van der Waals surface area contributed by atoms with Gasteiger partial charge in [-0.1, -0.05) is 0 Å². The molecule has 3 rings (SSSR count). The van der Waals surface area contributed by atoms with E-state index in [0.29, 0.717) is 31.1 Å². The summed E-state index contributed by atoms with van der Waals surface area (Å²) in [6.45, 7) is 6.33. The topological polar surface area (TPSA) is 124 Å². The zero-order chi connectivity index (χ0) is 24.7. The SMILES string of the molecule is COc1cc(NC(=O)C(=O)NC(C)(C)C(=O)NCCn2ccnc2)ccc1C1=CCOC=C1C. The van der Waals surface area contributed by atoms with Crippen molar-refractivity contribution in [3.63, 3.8) is 0 Å². The molecule has 0 unspecified atom stereocenters. The van der Waals surface area contributed by atoms with Crippen LogP contribution >= 0.6 is 0 Å². The standard InChI is InChI=1S/C24H29N5O5/c1-16-14-34-12-7-18(16)19-6-5-17(13-20(19)33-4)27-21(30)22(31)28-24(2,3)23(32)26-9-11-29-10-8-25-15-29/h5-8,10,13-15H,9,11-12H2,1-4H3,(H,26,32)(H,27,30)(H,28,31). The summed E-state index contributed by atoms with van der Waals surface area (Å²) in [4.78, 5) is 41.4. The largest absolute Gasteiger partial charge is 0.497 e. The fraction of sp³-hybridized carbons (Fsp3) is 0.333. The van der Waals surface area contributed by atoms with Crippen molar-refractivity contribution in [1.82, 2.24) is 20.2 Å². The predicted octanol–water partition coefficient (Wildman–Crippen LogP) is 1.86. The number of aromatic nitrogens is 2. The molecule has 0 saturated carbocycles. The van der Waals surface area contributed by atoms with Gasteiger partial charge in [0.1, 0.15) is 17.9 Å². The van der Waals surface area contributed by atoms with Crippen LogP contribution in [0.5, 0.6) is 5.75 Å². The Labute approximate surface area is 198 Å². The summed E-state index contributed by atoms with van der Waals surface area (Å²) >= 11 is 0. The molecule has 10 heteroatoms. The lowest BCUT2D eigenvalue weighted by molar-refractivity contribution is -0.139. The summed E-state index contributed by atoms with van der Waals surface area (Å²) in [5.41, 5.74) is 1.86. The lowest BCUT2D eigenvalue weighted by Crippen LogP contribution is -2.57. The fourth-order valence-corrected chi connectivity index (χ4v) is 3.37. The highest BCUT2D eigenvalue weighted by molar-refractivity contribution is 6.40. The molecule has 1 aromatic carbocycles. The number of hydrogen-bond donors (Lipinski definition) is 3. The van der Waals surface area contributed by atoms with E-state index in [1.54, 1.807) is 43.2 Å². The van der Waals surface area contributed by atoms with Gasteiger partial charge in [0.25, 0.3) is 0 Å². The van der Waals surface area contributed by atoms with Crippen LogP contribution in [-0.4, -0.2) is 53.1 Å². The zero-order valence-electron chi connectivity index (χ0n) is 19.7. The smallest absolute Gasteiger partial charge is 0.313 e. The molecule has 0 atom stereocenters. The number of anilines is 1. The summed E-state index contributed by atoms with van der Waals surface area (Å²) in [7, 11) is 1.53. The van der Waals surface area contributed by atoms with Crippen molar-refractivity contribution < 1.29 is 23.9 Å². The molecular weight excluding hydrogens is 438 g/mol. The lowest BCUT2D eigenvalue weighted by atomic mass is 9.97. The van der Waals surface area contributed by atoms with Gasteiger partial charge in [-0.3, -0.25) is 14.4 Å². The Morgan fingerprint density at radius 3 is 2.71 bits per heavy atom. The Kier molecular flexibility index (Phi) is 7.72. The molecule has 34 heavy (non-hydrogen) atoms. The number of nitrogens with zero attached hydrogens (tertiary/aromatic N) is 2. The van der Waals surface area contributed by atoms with E-state index in [0.717, 1.165) is 16.7 Å². The molecule has 180 valence electrons. The van der Waals surface area contributed by atoms with Crippen LogP contribution in [0.4, 0.5) is 5.69 Å². The second-order valence-corrected chi connectivity index (χ2v) is 8.26. The summed E-state index contributed by atoms with van der Waals surface area (Å²) in [5, 5.41) is 7.76. The minimum absolute atomic E-state index is 0.351. The van der Waals surface area contributed by atoms with Crippen molar-refractivity contribution in [2.75, 3.05) is 25.6 Å². The van der Waals surface area contributed by atoms with Crippen LogP contribution in [0.2, 0.25) is 0 Å². The summed E-state index contributed by atoms with van der Waals surface area (Å²) in [6.07, 6.45) is 8.70. The molecule has 0 spiro atoms. The normalized spacial score (nSPS) is 13.2. The number of amides is 3. The zero-order valence-corrected chi connectivity index (χ0v) is 19.7. The van der Waals surface area contributed by atoms with Gasteiger partial charge in [0.15, 0.2) is 0 Å². The molecule has 0 bridgehead atoms. The van der Waals surface area contributed by atoms with Gasteiger partial charge in [0.05, 0.1) is 19.7 Å². The third-order valence-electron chi connectivity index (χ3n) is 5.23. The van der Waals surface area contributed by atoms with Crippen molar-refractivity contribution in [1.29, 1.82) is 0 Å². The molecule has 2 heterocycles. The second kappa shape index (κ2) is 10.7. The van der Waals surface area contributed by atoms with Crippen LogP contribution in [0.3, 0.4) is 0 Å². The number of nitrogens with one attached hydrogen (secondary N) is 3. The average molecular weight is 468 g/mol. The van der Waals surface area contributed by atoms with Crippen LogP contribution in [0, 0.1) is 0 Å². The Balaban J connectivity index is 1.58. The van der Waals surface area contributed by atoms with Gasteiger partial charge in [-0.05, 0) is 50.1 Å². The molecule has 0 fully saturated rings. The molecule has 1 aliphatic heterocycles. The van der Waals surface area contributed by atoms with E-state index in [4.69, 9.17) is 9.47 Å². The Morgan fingerprint density at radius 1 is 1.24 bits per heavy atom. The van der Waals surface area contributed by atoms with Gasteiger partial charge < -0.3 is 30.0 Å². The summed E-state index contributed by atoms with van der Waals surface area (Å²) in [5.74, 6) is -1.69. The first-order chi connectivity index (χ1) is 16.2. The van der Waals surface area contributed by atoms with Crippen molar-refractivity contribution in [3.05, 3.63) is 60.4 Å². The number of hydrogen-bond acceptors (Lipinski definition) is 6. The van der Waals surface area contributed by atoms with E-state index < -0.39 is 23.3 Å². The molecule has 3 amide bonds. The molecule has 3 N–H and O–H groups in total. The number of rotatable bonds is 8. The number of carbonyl (C=O) groups is 3. The van der Waals surface area contributed by atoms with E-state index >= 15 is 0 Å². The van der Waals surface area contributed by atoms with Gasteiger partial charge >= 0.3 is 11.8 Å². The predicted molar refractivity (Wildman–Crippen MR) is 127 cm³/mol. The van der Waals surface area contributed by atoms with Gasteiger partial charge in [0.2, 0.25) is 5.91 Å². The number of methoxy groups -OCH3 is 1. The number of ether oxygens (including phenoxy) is 2. The molecular formula is C24H29N5O5. The molecule has 1 aliphatic rings. The summed E-state index contributed by atoms with van der Waals surface area (Å²) < 4.78 is 12.6. The van der Waals surface area contributed by atoms with E-state index in [2.05, 4.69) is 20.9 Å². The third kappa shape index (κ3) is 6.03. The minimum Gasteiger partial charge on any atom is -0.497 e. The first-order valence-corrected chi connectivity index (χ1v) is 10.8. The van der Waals surface area contributed by atoms with Crippen LogP contribution in [0.15, 0.2) is 54.8 Å². The van der Waals surface area contributed by atoms with Gasteiger partial charge in [0, 0.05) is 42.8 Å². The van der Waals surface area contributed by atoms with Gasteiger partial charge in [-0.15, -0.1) is 0 Å². The van der Waals surface area contributed by atoms with Crippen LogP contribution < -0.4 is 20.7 Å². The van der Waals surface area contributed by atoms with Crippen LogP contribution in [-0.2, 0) is 25.7 Å². The maximum absolute atomic E-state index is 12.5. The monoisotopic (exact) mass is 467 g/mol. The Morgan fingerprint density at radius 2 is 2.03 bits per heavy atom. The molecule has 1 aromatic heterocycles. The highest BCUT2D eigenvalue weighted by Crippen LogP contribution is 2.34. The number of imidazole rings is 1. The number of allylic oxidation sites excluding steroid dienone is 2. The Bertz CT molecular complexity index is 1120. The molecule has 0 aliphatic carbocycles. The fourth-order valence-electron chi connectivity index (χ4n) is 3.37. The number of carbonyl (C=O) groups excluding carboxylic acids is 3. The molecule has 0 saturated heterocycles. The maximum atomic E-state index is 12.5. The molecule has 0 radical (unpaired) electrons. The van der Waals surface area contributed by atoms with E-state index in [1.165, 1.54) is 21.0 Å². The van der Waals surface area contributed by atoms with E-state index in [-0.39, 0.29) is 0 Å². The van der Waals surface area contributed by atoms with E-state index in [9.17, 15) is 14.4 Å². The van der Waals surface area contributed by atoms with Gasteiger partial charge in [-0.2, -0.15) is 0 Å². The lowest BCUT2D eigenvalue weighted by Gasteiger charge is -2.25. The van der Waals surface area contributed by atoms with Crippen LogP contribution in [0.25, 0.3) is 5.57 Å².